The Hall–Kier alpha value is -2.63. The molecular formula is C17H13BrN2O4S. The van der Waals surface area contributed by atoms with Gasteiger partial charge in [0.05, 0.1) is 0 Å². The van der Waals surface area contributed by atoms with Crippen LogP contribution in [0.1, 0.15) is 11.1 Å². The van der Waals surface area contributed by atoms with E-state index in [1.54, 1.807) is 24.3 Å². The van der Waals surface area contributed by atoms with E-state index in [1.165, 1.54) is 30.3 Å². The molecule has 128 valence electrons. The van der Waals surface area contributed by atoms with Gasteiger partial charge in [-0.1, -0.05) is 33.6 Å². The predicted molar refractivity (Wildman–Crippen MR) is 95.9 cm³/mol. The van der Waals surface area contributed by atoms with Gasteiger partial charge in [0.2, 0.25) is 0 Å². The van der Waals surface area contributed by atoms with Crippen LogP contribution < -0.4 is 9.92 Å². The maximum Gasteiger partial charge on any atom is 0.339 e. The number of nitrogens with two attached hydrogens (primary N) is 1. The van der Waals surface area contributed by atoms with Gasteiger partial charge in [0.15, 0.2) is 0 Å². The lowest BCUT2D eigenvalue weighted by atomic mass is 10.1. The van der Waals surface area contributed by atoms with E-state index in [0.29, 0.717) is 4.47 Å². The summed E-state index contributed by atoms with van der Waals surface area (Å²) in [7, 11) is -4.07. The maximum absolute atomic E-state index is 12.4. The summed E-state index contributed by atoms with van der Waals surface area (Å²) >= 11 is 3.24. The molecule has 0 heterocycles. The van der Waals surface area contributed by atoms with E-state index in [0.717, 1.165) is 5.56 Å². The summed E-state index contributed by atoms with van der Waals surface area (Å²) in [6.45, 7) is 1.84. The number of rotatable bonds is 5. The van der Waals surface area contributed by atoms with Crippen molar-refractivity contribution < 1.29 is 17.4 Å². The van der Waals surface area contributed by atoms with Gasteiger partial charge in [-0.3, -0.25) is 4.79 Å². The van der Waals surface area contributed by atoms with Crippen LogP contribution in [0.2, 0.25) is 0 Å². The van der Waals surface area contributed by atoms with Gasteiger partial charge in [0, 0.05) is 10.0 Å². The predicted octanol–water partition coefficient (Wildman–Crippen LogP) is 2.92. The summed E-state index contributed by atoms with van der Waals surface area (Å²) < 4.78 is 30.7. The number of halogens is 1. The minimum atomic E-state index is -4.07. The lowest BCUT2D eigenvalue weighted by Gasteiger charge is -2.10. The smallest absolute Gasteiger partial charge is 0.339 e. The molecule has 0 aromatic heterocycles. The molecule has 8 heteroatoms. The molecule has 6 nitrogen and oxygen atoms in total. The number of amides is 1. The van der Waals surface area contributed by atoms with Crippen molar-refractivity contribution in [3.63, 3.8) is 0 Å². The first-order valence-corrected chi connectivity index (χ1v) is 9.15. The van der Waals surface area contributed by atoms with E-state index in [-0.39, 0.29) is 21.8 Å². The standard InChI is InChI=1S/C17H13BrN2O4S/c1-11-2-5-15(6-3-11)25(22,23)24-16-7-4-14(18)9-12(16)8-13(10-19)17(20)21/h2-9H,1H3,(H2,20,21). The van der Waals surface area contributed by atoms with E-state index in [4.69, 9.17) is 15.2 Å². The van der Waals surface area contributed by atoms with Crippen LogP contribution in [0.3, 0.4) is 0 Å². The number of carbonyl (C=O) groups is 1. The first kappa shape index (κ1) is 18.7. The summed E-state index contributed by atoms with van der Waals surface area (Å²) in [5, 5.41) is 8.96. The van der Waals surface area contributed by atoms with Gasteiger partial charge in [-0.25, -0.2) is 0 Å². The fourth-order valence-corrected chi connectivity index (χ4v) is 3.23. The quantitative estimate of drug-likeness (QED) is 0.454. The molecular weight excluding hydrogens is 408 g/mol. The second-order valence-corrected chi connectivity index (χ2v) is 7.53. The Labute approximate surface area is 153 Å². The number of hydrogen-bond donors (Lipinski definition) is 1. The van der Waals surface area contributed by atoms with Crippen LogP contribution in [0.4, 0.5) is 0 Å². The van der Waals surface area contributed by atoms with Crippen molar-refractivity contribution in [2.75, 3.05) is 0 Å². The Kier molecular flexibility index (Phi) is 5.62. The minimum absolute atomic E-state index is 0.00800. The van der Waals surface area contributed by atoms with Crippen molar-refractivity contribution in [2.24, 2.45) is 5.73 Å². The van der Waals surface area contributed by atoms with Crippen LogP contribution in [0.15, 0.2) is 57.4 Å². The lowest BCUT2D eigenvalue weighted by Crippen LogP contribution is -2.13. The van der Waals surface area contributed by atoms with E-state index in [9.17, 15) is 13.2 Å². The third-order valence-corrected chi connectivity index (χ3v) is 4.91. The summed E-state index contributed by atoms with van der Waals surface area (Å²) in [4.78, 5) is 11.2. The molecule has 0 radical (unpaired) electrons. The monoisotopic (exact) mass is 420 g/mol. The van der Waals surface area contributed by atoms with Crippen molar-refractivity contribution in [2.45, 2.75) is 11.8 Å². The second-order valence-electron chi connectivity index (χ2n) is 5.07. The molecule has 0 saturated carbocycles. The number of hydrogen-bond acceptors (Lipinski definition) is 5. The van der Waals surface area contributed by atoms with Crippen molar-refractivity contribution in [1.82, 2.24) is 0 Å². The topological polar surface area (TPSA) is 110 Å². The zero-order valence-corrected chi connectivity index (χ0v) is 15.5. The van der Waals surface area contributed by atoms with E-state index in [1.807, 2.05) is 6.92 Å². The van der Waals surface area contributed by atoms with Gasteiger partial charge < -0.3 is 9.92 Å². The molecule has 0 atom stereocenters. The Morgan fingerprint density at radius 1 is 1.24 bits per heavy atom. The zero-order chi connectivity index (χ0) is 18.6. The third-order valence-electron chi connectivity index (χ3n) is 3.17. The molecule has 0 aliphatic heterocycles. The molecule has 0 saturated heterocycles. The van der Waals surface area contributed by atoms with Gasteiger partial charge >= 0.3 is 10.1 Å². The number of benzene rings is 2. The Bertz CT molecular complexity index is 990. The first-order chi connectivity index (χ1) is 11.7. The van der Waals surface area contributed by atoms with Gasteiger partial charge in [0.1, 0.15) is 22.3 Å². The van der Waals surface area contributed by atoms with Gasteiger partial charge in [-0.15, -0.1) is 0 Å². The van der Waals surface area contributed by atoms with Crippen LogP contribution >= 0.6 is 15.9 Å². The second kappa shape index (κ2) is 7.51. The molecule has 25 heavy (non-hydrogen) atoms. The number of primary amides is 1. The number of nitrogens with zero attached hydrogens (tertiary/aromatic N) is 1. The molecule has 0 fully saturated rings. The average Bonchev–Trinajstić information content (AvgIpc) is 2.54. The maximum atomic E-state index is 12.4. The van der Waals surface area contributed by atoms with Crippen molar-refractivity contribution >= 4 is 38.0 Å². The van der Waals surface area contributed by atoms with Crippen molar-refractivity contribution in [1.29, 1.82) is 5.26 Å². The van der Waals surface area contributed by atoms with Crippen molar-refractivity contribution in [3.05, 3.63) is 63.6 Å². The van der Waals surface area contributed by atoms with Crippen molar-refractivity contribution in [3.8, 4) is 11.8 Å². The molecule has 2 N–H and O–H groups in total. The van der Waals surface area contributed by atoms with Crippen LogP contribution in [-0.2, 0) is 14.9 Å². The molecule has 0 bridgehead atoms. The SMILES string of the molecule is Cc1ccc(S(=O)(=O)Oc2ccc(Br)cc2C=C(C#N)C(N)=O)cc1. The molecule has 0 unspecified atom stereocenters. The fraction of sp³-hybridized carbons (Fsp3) is 0.0588. The average molecular weight is 421 g/mol. The molecule has 2 aromatic carbocycles. The highest BCUT2D eigenvalue weighted by molar-refractivity contribution is 9.10. The van der Waals surface area contributed by atoms with E-state index in [2.05, 4.69) is 15.9 Å². The minimum Gasteiger partial charge on any atom is -0.378 e. The third kappa shape index (κ3) is 4.68. The first-order valence-electron chi connectivity index (χ1n) is 6.95. The van der Waals surface area contributed by atoms with E-state index < -0.39 is 16.0 Å². The molecule has 1 amide bonds. The van der Waals surface area contributed by atoms with Crippen LogP contribution in [0, 0.1) is 18.3 Å². The number of nitriles is 1. The summed E-state index contributed by atoms with van der Waals surface area (Å²) in [5.74, 6) is -0.951. The summed E-state index contributed by atoms with van der Waals surface area (Å²) in [5.41, 5.74) is 5.92. The van der Waals surface area contributed by atoms with Gasteiger partial charge in [-0.2, -0.15) is 13.7 Å². The summed E-state index contributed by atoms with van der Waals surface area (Å²) in [6.07, 6.45) is 1.17. The summed E-state index contributed by atoms with van der Waals surface area (Å²) in [6, 6.07) is 12.3. The zero-order valence-electron chi connectivity index (χ0n) is 13.1. The molecule has 2 rings (SSSR count). The Morgan fingerprint density at radius 2 is 1.88 bits per heavy atom. The fourth-order valence-electron chi connectivity index (χ4n) is 1.89. The molecule has 0 aliphatic rings. The highest BCUT2D eigenvalue weighted by atomic mass is 79.9. The normalized spacial score (nSPS) is 11.6. The Morgan fingerprint density at radius 3 is 2.44 bits per heavy atom. The highest BCUT2D eigenvalue weighted by Gasteiger charge is 2.19. The molecule has 2 aromatic rings. The van der Waals surface area contributed by atoms with Crippen LogP contribution in [0.25, 0.3) is 6.08 Å². The van der Waals surface area contributed by atoms with E-state index >= 15 is 0 Å². The molecule has 0 spiro atoms. The van der Waals surface area contributed by atoms with Gasteiger partial charge in [-0.05, 0) is 43.3 Å². The van der Waals surface area contributed by atoms with Gasteiger partial charge in [0.25, 0.3) is 5.91 Å². The highest BCUT2D eigenvalue weighted by Crippen LogP contribution is 2.28. The number of aryl methyl sites for hydroxylation is 1. The Balaban J connectivity index is 2.48. The molecule has 0 aliphatic carbocycles. The lowest BCUT2D eigenvalue weighted by molar-refractivity contribution is -0.114. The largest absolute Gasteiger partial charge is 0.378 e. The van der Waals surface area contributed by atoms with Crippen LogP contribution in [-0.4, -0.2) is 14.3 Å². The number of carbonyl (C=O) groups excluding carboxylic acids is 1. The van der Waals surface area contributed by atoms with Crippen LogP contribution in [0.5, 0.6) is 5.75 Å².